The molecule has 0 saturated carbocycles. The molecule has 2 N–H and O–H groups in total. The van der Waals surface area contributed by atoms with Crippen LogP contribution in [-0.2, 0) is 14.3 Å². The summed E-state index contributed by atoms with van der Waals surface area (Å²) in [5, 5.41) is 12.1. The monoisotopic (exact) mass is 334 g/mol. The maximum absolute atomic E-state index is 12.5. The molecule has 0 unspecified atom stereocenters. The fraction of sp³-hybridized carbons (Fsp3) is 0.412. The van der Waals surface area contributed by atoms with Crippen molar-refractivity contribution in [3.8, 4) is 5.75 Å². The van der Waals surface area contributed by atoms with E-state index in [4.69, 9.17) is 14.6 Å². The highest BCUT2D eigenvalue weighted by atomic mass is 16.5. The number of nitrogens with one attached hydrogen (secondary N) is 1. The van der Waals surface area contributed by atoms with Crippen LogP contribution in [0.2, 0.25) is 0 Å². The Hall–Kier alpha value is -2.54. The largest absolute Gasteiger partial charge is 0.491 e. The topological polar surface area (TPSA) is 88.1 Å². The standard InChI is InChI=1S/C17H22N2O5/c1-3-10-24-14-7-5-4-6-13(14)18-15-12(17(22)23-2)11-19(8-9-20)16(15)21/h4-7,18,20H,3,8-11H2,1-2H3. The van der Waals surface area contributed by atoms with Crippen molar-refractivity contribution in [2.24, 2.45) is 0 Å². The first-order valence-electron chi connectivity index (χ1n) is 7.82. The summed E-state index contributed by atoms with van der Waals surface area (Å²) in [6, 6.07) is 7.21. The third-order valence-corrected chi connectivity index (χ3v) is 3.56. The molecule has 1 heterocycles. The predicted octanol–water partition coefficient (Wildman–Crippen LogP) is 1.15. The van der Waals surface area contributed by atoms with Gasteiger partial charge in [0.25, 0.3) is 5.91 Å². The van der Waals surface area contributed by atoms with Gasteiger partial charge in [0, 0.05) is 6.54 Å². The molecule has 1 aliphatic heterocycles. The second-order valence-electron chi connectivity index (χ2n) is 5.27. The lowest BCUT2D eigenvalue weighted by Gasteiger charge is -2.16. The molecule has 1 aliphatic rings. The van der Waals surface area contributed by atoms with Gasteiger partial charge in [0.2, 0.25) is 0 Å². The number of ether oxygens (including phenoxy) is 2. The zero-order valence-corrected chi connectivity index (χ0v) is 13.9. The lowest BCUT2D eigenvalue weighted by Crippen LogP contribution is -2.31. The van der Waals surface area contributed by atoms with Gasteiger partial charge < -0.3 is 24.8 Å². The number of anilines is 1. The van der Waals surface area contributed by atoms with Gasteiger partial charge in [-0.2, -0.15) is 0 Å². The van der Waals surface area contributed by atoms with Crippen LogP contribution < -0.4 is 10.1 Å². The Bertz CT molecular complexity index is 642. The van der Waals surface area contributed by atoms with Gasteiger partial charge in [0.1, 0.15) is 11.4 Å². The molecule has 0 aliphatic carbocycles. The third kappa shape index (κ3) is 3.86. The Morgan fingerprint density at radius 2 is 2.12 bits per heavy atom. The summed E-state index contributed by atoms with van der Waals surface area (Å²) in [5.74, 6) is -0.322. The quantitative estimate of drug-likeness (QED) is 0.694. The van der Waals surface area contributed by atoms with E-state index < -0.39 is 5.97 Å². The molecule has 0 spiro atoms. The molecular weight excluding hydrogens is 312 g/mol. The van der Waals surface area contributed by atoms with E-state index in [1.165, 1.54) is 12.0 Å². The number of β-amino-alcohol motifs (C(OH)–C–C–N with tert-alkyl or cyclic N) is 1. The van der Waals surface area contributed by atoms with Crippen molar-refractivity contribution in [3.05, 3.63) is 35.5 Å². The number of para-hydroxylation sites is 2. The summed E-state index contributed by atoms with van der Waals surface area (Å²) in [4.78, 5) is 25.9. The van der Waals surface area contributed by atoms with Gasteiger partial charge in [0.05, 0.1) is 38.1 Å². The molecule has 0 fully saturated rings. The molecule has 24 heavy (non-hydrogen) atoms. The number of rotatable bonds is 8. The number of aliphatic hydroxyl groups excluding tert-OH is 1. The highest BCUT2D eigenvalue weighted by Gasteiger charge is 2.34. The molecule has 0 bridgehead atoms. The summed E-state index contributed by atoms with van der Waals surface area (Å²) in [7, 11) is 1.27. The van der Waals surface area contributed by atoms with Crippen molar-refractivity contribution < 1.29 is 24.2 Å². The van der Waals surface area contributed by atoms with Gasteiger partial charge in [-0.25, -0.2) is 4.79 Å². The van der Waals surface area contributed by atoms with Crippen LogP contribution in [0.4, 0.5) is 5.69 Å². The number of aliphatic hydroxyl groups is 1. The molecule has 0 radical (unpaired) electrons. The average Bonchev–Trinajstić information content (AvgIpc) is 2.90. The zero-order valence-electron chi connectivity index (χ0n) is 13.9. The molecule has 1 aromatic rings. The fourth-order valence-electron chi connectivity index (χ4n) is 2.39. The molecule has 7 nitrogen and oxygen atoms in total. The Kier molecular flexibility index (Phi) is 6.20. The fourth-order valence-corrected chi connectivity index (χ4v) is 2.39. The number of hydrogen-bond donors (Lipinski definition) is 2. The summed E-state index contributed by atoms with van der Waals surface area (Å²) in [6.07, 6.45) is 0.855. The van der Waals surface area contributed by atoms with Crippen LogP contribution in [0.25, 0.3) is 0 Å². The SMILES string of the molecule is CCCOc1ccccc1NC1=C(C(=O)OC)CN(CCO)C1=O. The van der Waals surface area contributed by atoms with Gasteiger partial charge in [-0.05, 0) is 18.6 Å². The molecule has 0 aromatic heterocycles. The van der Waals surface area contributed by atoms with E-state index in [9.17, 15) is 9.59 Å². The van der Waals surface area contributed by atoms with Crippen molar-refractivity contribution in [1.82, 2.24) is 4.90 Å². The maximum Gasteiger partial charge on any atom is 0.337 e. The first-order valence-corrected chi connectivity index (χ1v) is 7.82. The smallest absolute Gasteiger partial charge is 0.337 e. The number of esters is 1. The molecule has 130 valence electrons. The Morgan fingerprint density at radius 1 is 1.38 bits per heavy atom. The molecule has 2 rings (SSSR count). The van der Waals surface area contributed by atoms with Crippen molar-refractivity contribution in [2.45, 2.75) is 13.3 Å². The normalized spacial score (nSPS) is 14.1. The highest BCUT2D eigenvalue weighted by molar-refractivity contribution is 6.08. The van der Waals surface area contributed by atoms with Gasteiger partial charge in [0.15, 0.2) is 0 Å². The van der Waals surface area contributed by atoms with E-state index in [-0.39, 0.29) is 36.9 Å². The zero-order chi connectivity index (χ0) is 17.5. The van der Waals surface area contributed by atoms with Crippen LogP contribution in [0, 0.1) is 0 Å². The highest BCUT2D eigenvalue weighted by Crippen LogP contribution is 2.29. The molecule has 7 heteroatoms. The second-order valence-corrected chi connectivity index (χ2v) is 5.27. The third-order valence-electron chi connectivity index (χ3n) is 3.56. The van der Waals surface area contributed by atoms with Crippen LogP contribution in [0.5, 0.6) is 5.75 Å². The van der Waals surface area contributed by atoms with E-state index >= 15 is 0 Å². The summed E-state index contributed by atoms with van der Waals surface area (Å²) in [6.45, 7) is 2.63. The van der Waals surface area contributed by atoms with Gasteiger partial charge in [-0.3, -0.25) is 4.79 Å². The molecule has 0 atom stereocenters. The Morgan fingerprint density at radius 3 is 2.79 bits per heavy atom. The molecule has 1 amide bonds. The van der Waals surface area contributed by atoms with Crippen molar-refractivity contribution in [1.29, 1.82) is 0 Å². The van der Waals surface area contributed by atoms with Gasteiger partial charge >= 0.3 is 5.97 Å². The molecule has 0 saturated heterocycles. The first-order chi connectivity index (χ1) is 11.6. The number of benzene rings is 1. The number of amides is 1. The van der Waals surface area contributed by atoms with Crippen LogP contribution in [-0.4, -0.2) is 55.3 Å². The van der Waals surface area contributed by atoms with Crippen LogP contribution in [0.3, 0.4) is 0 Å². The van der Waals surface area contributed by atoms with Crippen molar-refractivity contribution in [2.75, 3.05) is 38.7 Å². The van der Waals surface area contributed by atoms with E-state index in [0.717, 1.165) is 6.42 Å². The number of carbonyl (C=O) groups is 2. The van der Waals surface area contributed by atoms with Crippen LogP contribution in [0.15, 0.2) is 35.5 Å². The number of hydrogen-bond acceptors (Lipinski definition) is 6. The van der Waals surface area contributed by atoms with E-state index in [1.807, 2.05) is 19.1 Å². The Labute approximate surface area is 140 Å². The minimum Gasteiger partial charge on any atom is -0.491 e. The minimum atomic E-state index is -0.571. The van der Waals surface area contributed by atoms with Crippen LogP contribution in [0.1, 0.15) is 13.3 Å². The molecular formula is C17H22N2O5. The number of methoxy groups -OCH3 is 1. The Balaban J connectivity index is 2.30. The van der Waals surface area contributed by atoms with Crippen LogP contribution >= 0.6 is 0 Å². The molecule has 1 aromatic carbocycles. The summed E-state index contributed by atoms with van der Waals surface area (Å²) < 4.78 is 10.4. The van der Waals surface area contributed by atoms with E-state index in [2.05, 4.69) is 5.32 Å². The lowest BCUT2D eigenvalue weighted by atomic mass is 10.2. The van der Waals surface area contributed by atoms with Crippen molar-refractivity contribution >= 4 is 17.6 Å². The van der Waals surface area contributed by atoms with E-state index in [0.29, 0.717) is 18.0 Å². The number of nitrogens with zero attached hydrogens (tertiary/aromatic N) is 1. The van der Waals surface area contributed by atoms with E-state index in [1.54, 1.807) is 12.1 Å². The first kappa shape index (κ1) is 17.8. The second kappa shape index (κ2) is 8.35. The predicted molar refractivity (Wildman–Crippen MR) is 88.6 cm³/mol. The van der Waals surface area contributed by atoms with Gasteiger partial charge in [-0.1, -0.05) is 19.1 Å². The average molecular weight is 334 g/mol. The van der Waals surface area contributed by atoms with Crippen molar-refractivity contribution in [3.63, 3.8) is 0 Å². The maximum atomic E-state index is 12.5. The lowest BCUT2D eigenvalue weighted by molar-refractivity contribution is -0.136. The van der Waals surface area contributed by atoms with Gasteiger partial charge in [-0.15, -0.1) is 0 Å². The minimum absolute atomic E-state index is 0.104. The number of carbonyl (C=O) groups excluding carboxylic acids is 2. The summed E-state index contributed by atoms with van der Waals surface area (Å²) >= 11 is 0. The summed E-state index contributed by atoms with van der Waals surface area (Å²) in [5.41, 5.74) is 0.991.